The van der Waals surface area contributed by atoms with Crippen LogP contribution in [0.15, 0.2) is 0 Å². The average molecular weight is 251 g/mol. The Morgan fingerprint density at radius 3 is 2.50 bits per heavy atom. The van der Waals surface area contributed by atoms with Crippen LogP contribution in [-0.4, -0.2) is 37.5 Å². The Bertz CT molecular complexity index is 355. The van der Waals surface area contributed by atoms with E-state index in [0.717, 1.165) is 13.1 Å². The monoisotopic (exact) mass is 251 g/mol. The molecule has 4 nitrogen and oxygen atoms in total. The molecule has 1 unspecified atom stereocenters. The zero-order chi connectivity index (χ0) is 14.0. The number of nitriles is 1. The fraction of sp³-hybridized carbons (Fsp3) is 0.857. The summed E-state index contributed by atoms with van der Waals surface area (Å²) in [6, 6.07) is 2.03. The van der Waals surface area contributed by atoms with E-state index in [2.05, 4.69) is 31.1 Å². The van der Waals surface area contributed by atoms with Gasteiger partial charge in [-0.1, -0.05) is 13.8 Å². The first-order valence-corrected chi connectivity index (χ1v) is 6.57. The third-order valence-electron chi connectivity index (χ3n) is 4.05. The number of amides is 1. The van der Waals surface area contributed by atoms with E-state index in [9.17, 15) is 4.79 Å². The van der Waals surface area contributed by atoms with Crippen LogP contribution in [0.1, 0.15) is 34.1 Å². The normalized spacial score (nSPS) is 21.7. The fourth-order valence-electron chi connectivity index (χ4n) is 2.30. The first kappa shape index (κ1) is 15.0. The van der Waals surface area contributed by atoms with E-state index >= 15 is 0 Å². The van der Waals surface area contributed by atoms with Crippen LogP contribution >= 0.6 is 0 Å². The third-order valence-corrected chi connectivity index (χ3v) is 4.05. The first-order valence-electron chi connectivity index (χ1n) is 6.57. The molecule has 0 radical (unpaired) electrons. The van der Waals surface area contributed by atoms with Gasteiger partial charge >= 0.3 is 0 Å². The minimum absolute atomic E-state index is 0.0754. The van der Waals surface area contributed by atoms with Gasteiger partial charge in [0.1, 0.15) is 5.41 Å². The van der Waals surface area contributed by atoms with Crippen molar-refractivity contribution in [1.29, 1.82) is 5.26 Å². The highest BCUT2D eigenvalue weighted by molar-refractivity contribution is 5.84. The van der Waals surface area contributed by atoms with Crippen LogP contribution in [0, 0.1) is 28.1 Å². The van der Waals surface area contributed by atoms with Crippen molar-refractivity contribution in [2.24, 2.45) is 16.7 Å². The molecule has 0 aromatic rings. The summed E-state index contributed by atoms with van der Waals surface area (Å²) >= 11 is 0. The Labute approximate surface area is 110 Å². The maximum Gasteiger partial charge on any atom is 0.239 e. The van der Waals surface area contributed by atoms with E-state index < -0.39 is 5.41 Å². The molecule has 0 spiro atoms. The molecule has 1 aliphatic heterocycles. The van der Waals surface area contributed by atoms with Crippen LogP contribution < -0.4 is 5.32 Å². The zero-order valence-corrected chi connectivity index (χ0v) is 12.2. The van der Waals surface area contributed by atoms with Crippen molar-refractivity contribution in [3.63, 3.8) is 0 Å². The summed E-state index contributed by atoms with van der Waals surface area (Å²) in [6.45, 7) is 10.5. The van der Waals surface area contributed by atoms with E-state index in [1.807, 2.05) is 6.07 Å². The van der Waals surface area contributed by atoms with E-state index in [-0.39, 0.29) is 11.3 Å². The van der Waals surface area contributed by atoms with E-state index in [1.54, 1.807) is 13.8 Å². The lowest BCUT2D eigenvalue weighted by molar-refractivity contribution is -0.127. The van der Waals surface area contributed by atoms with Crippen LogP contribution in [0.3, 0.4) is 0 Å². The molecule has 4 heteroatoms. The lowest BCUT2D eigenvalue weighted by Gasteiger charge is -2.32. The summed E-state index contributed by atoms with van der Waals surface area (Å²) in [5, 5.41) is 11.8. The average Bonchev–Trinajstić information content (AvgIpc) is 2.73. The van der Waals surface area contributed by atoms with E-state index in [0.29, 0.717) is 12.5 Å². The molecule has 102 valence electrons. The van der Waals surface area contributed by atoms with Crippen LogP contribution in [0.25, 0.3) is 0 Å². The summed E-state index contributed by atoms with van der Waals surface area (Å²) < 4.78 is 0. The second-order valence-electron chi connectivity index (χ2n) is 6.66. The maximum atomic E-state index is 11.9. The minimum Gasteiger partial charge on any atom is -0.354 e. The zero-order valence-electron chi connectivity index (χ0n) is 12.2. The predicted octanol–water partition coefficient (Wildman–Crippen LogP) is 1.63. The van der Waals surface area contributed by atoms with Gasteiger partial charge < -0.3 is 10.2 Å². The first-order chi connectivity index (χ1) is 8.19. The van der Waals surface area contributed by atoms with Crippen molar-refractivity contribution >= 4 is 5.91 Å². The van der Waals surface area contributed by atoms with E-state index in [4.69, 9.17) is 5.26 Å². The third kappa shape index (κ3) is 3.46. The van der Waals surface area contributed by atoms with Gasteiger partial charge in [-0.3, -0.25) is 4.79 Å². The maximum absolute atomic E-state index is 11.9. The number of nitrogens with zero attached hydrogens (tertiary/aromatic N) is 2. The number of likely N-dealkylation sites (tertiary alicyclic amines) is 1. The number of rotatable bonds is 4. The number of carbonyl (C=O) groups is 1. The molecule has 1 aliphatic rings. The summed E-state index contributed by atoms with van der Waals surface area (Å²) in [4.78, 5) is 14.2. The molecule has 1 heterocycles. The van der Waals surface area contributed by atoms with Crippen LogP contribution in [0.2, 0.25) is 0 Å². The summed E-state index contributed by atoms with van der Waals surface area (Å²) in [7, 11) is 2.13. The molecule has 0 aliphatic carbocycles. The van der Waals surface area contributed by atoms with Gasteiger partial charge in [-0.25, -0.2) is 0 Å². The Morgan fingerprint density at radius 1 is 1.44 bits per heavy atom. The molecule has 1 rings (SSSR count). The Kier molecular flexibility index (Phi) is 4.39. The highest BCUT2D eigenvalue weighted by Gasteiger charge is 2.35. The summed E-state index contributed by atoms with van der Waals surface area (Å²) in [5.74, 6) is 0.428. The lowest BCUT2D eigenvalue weighted by atomic mass is 9.78. The fourth-order valence-corrected chi connectivity index (χ4v) is 2.30. The highest BCUT2D eigenvalue weighted by atomic mass is 16.2. The molecule has 1 fully saturated rings. The van der Waals surface area contributed by atoms with Crippen LogP contribution in [0.4, 0.5) is 0 Å². The van der Waals surface area contributed by atoms with Crippen LogP contribution in [-0.2, 0) is 4.79 Å². The van der Waals surface area contributed by atoms with Crippen molar-refractivity contribution in [3.05, 3.63) is 0 Å². The van der Waals surface area contributed by atoms with Crippen molar-refractivity contribution < 1.29 is 4.79 Å². The Hall–Kier alpha value is -1.08. The van der Waals surface area contributed by atoms with Gasteiger partial charge in [0.15, 0.2) is 0 Å². The molecule has 0 bridgehead atoms. The lowest BCUT2D eigenvalue weighted by Crippen LogP contribution is -2.43. The quantitative estimate of drug-likeness (QED) is 0.826. The molecule has 0 saturated carbocycles. The molecule has 1 N–H and O–H groups in total. The summed E-state index contributed by atoms with van der Waals surface area (Å²) in [5.41, 5.74) is -0.867. The van der Waals surface area contributed by atoms with Gasteiger partial charge in [0, 0.05) is 13.1 Å². The molecular formula is C14H25N3O. The largest absolute Gasteiger partial charge is 0.354 e. The molecule has 1 amide bonds. The molecule has 0 aromatic carbocycles. The Balaban J connectivity index is 2.52. The topological polar surface area (TPSA) is 56.1 Å². The highest BCUT2D eigenvalue weighted by Crippen LogP contribution is 2.33. The van der Waals surface area contributed by atoms with E-state index in [1.165, 1.54) is 6.42 Å². The van der Waals surface area contributed by atoms with Gasteiger partial charge in [0.05, 0.1) is 6.07 Å². The van der Waals surface area contributed by atoms with Gasteiger partial charge in [-0.05, 0) is 45.2 Å². The second-order valence-corrected chi connectivity index (χ2v) is 6.66. The molecule has 0 aromatic heterocycles. The SMILES string of the molecule is CN1CCC(C(C)(C)CNC(=O)C(C)(C)C#N)C1. The van der Waals surface area contributed by atoms with Gasteiger partial charge in [0.2, 0.25) is 5.91 Å². The van der Waals surface area contributed by atoms with Crippen molar-refractivity contribution in [2.75, 3.05) is 26.7 Å². The van der Waals surface area contributed by atoms with Gasteiger partial charge in [-0.15, -0.1) is 0 Å². The van der Waals surface area contributed by atoms with Crippen LogP contribution in [0.5, 0.6) is 0 Å². The minimum atomic E-state index is -0.942. The number of hydrogen-bond acceptors (Lipinski definition) is 3. The van der Waals surface area contributed by atoms with Gasteiger partial charge in [-0.2, -0.15) is 5.26 Å². The predicted molar refractivity (Wildman–Crippen MR) is 71.8 cm³/mol. The second kappa shape index (κ2) is 5.27. The molecule has 1 saturated heterocycles. The molecule has 1 atom stereocenters. The standard InChI is InChI=1S/C14H25N3O/c1-13(2,9-15)12(18)16-10-14(3,4)11-6-7-17(5)8-11/h11H,6-8,10H2,1-5H3,(H,16,18). The smallest absolute Gasteiger partial charge is 0.239 e. The van der Waals surface area contributed by atoms with Crippen molar-refractivity contribution in [1.82, 2.24) is 10.2 Å². The van der Waals surface area contributed by atoms with Crippen molar-refractivity contribution in [2.45, 2.75) is 34.1 Å². The van der Waals surface area contributed by atoms with Gasteiger partial charge in [0.25, 0.3) is 0 Å². The summed E-state index contributed by atoms with van der Waals surface area (Å²) in [6.07, 6.45) is 1.18. The number of hydrogen-bond donors (Lipinski definition) is 1. The number of carbonyl (C=O) groups excluding carboxylic acids is 1. The number of nitrogens with one attached hydrogen (secondary N) is 1. The molecule has 18 heavy (non-hydrogen) atoms. The van der Waals surface area contributed by atoms with Crippen molar-refractivity contribution in [3.8, 4) is 6.07 Å². The molecular weight excluding hydrogens is 226 g/mol. The Morgan fingerprint density at radius 2 is 2.06 bits per heavy atom.